The van der Waals surface area contributed by atoms with Crippen molar-refractivity contribution in [2.45, 2.75) is 13.8 Å². The number of halogens is 1. The van der Waals surface area contributed by atoms with E-state index in [-0.39, 0.29) is 11.5 Å². The highest BCUT2D eigenvalue weighted by atomic mass is 19.1. The van der Waals surface area contributed by atoms with Gasteiger partial charge in [-0.3, -0.25) is 0 Å². The largest absolute Gasteiger partial charge is 0.508 e. The molecule has 0 spiro atoms. The van der Waals surface area contributed by atoms with Crippen molar-refractivity contribution in [3.8, 4) is 22.6 Å². The Morgan fingerprint density at radius 2 is 1.36 bits per heavy atom. The molecular weight excluding hydrogens is 315 g/mol. The van der Waals surface area contributed by atoms with Crippen LogP contribution in [0.4, 0.5) is 4.39 Å². The van der Waals surface area contributed by atoms with E-state index in [1.165, 1.54) is 6.07 Å². The van der Waals surface area contributed by atoms with Crippen LogP contribution < -0.4 is 0 Å². The molecule has 124 valence electrons. The number of hydrogen-bond acceptors (Lipinski definition) is 2. The van der Waals surface area contributed by atoms with Crippen LogP contribution in [0.25, 0.3) is 32.7 Å². The smallest absolute Gasteiger partial charge is 0.172 e. The predicted molar refractivity (Wildman–Crippen MR) is 99.7 cm³/mol. The zero-order chi connectivity index (χ0) is 17.7. The van der Waals surface area contributed by atoms with Crippen LogP contribution in [0.5, 0.6) is 11.5 Å². The van der Waals surface area contributed by atoms with Crippen LogP contribution in [-0.4, -0.2) is 10.2 Å². The van der Waals surface area contributed by atoms with Gasteiger partial charge >= 0.3 is 0 Å². The predicted octanol–water partition coefficient (Wildman–Crippen LogP) is 5.83. The molecule has 0 fully saturated rings. The fourth-order valence-electron chi connectivity index (χ4n) is 3.30. The van der Waals surface area contributed by atoms with E-state index in [4.69, 9.17) is 0 Å². The molecule has 2 nitrogen and oxygen atoms in total. The minimum atomic E-state index is -0.592. The van der Waals surface area contributed by atoms with E-state index >= 15 is 0 Å². The van der Waals surface area contributed by atoms with Gasteiger partial charge in [0, 0.05) is 5.39 Å². The van der Waals surface area contributed by atoms with Crippen molar-refractivity contribution in [2.75, 3.05) is 0 Å². The normalized spacial score (nSPS) is 11.3. The molecule has 0 saturated carbocycles. The zero-order valence-electron chi connectivity index (χ0n) is 14.0. The molecule has 4 aromatic carbocycles. The maximum Gasteiger partial charge on any atom is 0.172 e. The van der Waals surface area contributed by atoms with Gasteiger partial charge in [-0.15, -0.1) is 0 Å². The van der Waals surface area contributed by atoms with Crippen LogP contribution in [0.15, 0.2) is 54.6 Å². The van der Waals surface area contributed by atoms with Gasteiger partial charge in [-0.2, -0.15) is 0 Å². The number of benzene rings is 4. The van der Waals surface area contributed by atoms with Gasteiger partial charge in [-0.1, -0.05) is 24.3 Å². The van der Waals surface area contributed by atoms with Gasteiger partial charge < -0.3 is 10.2 Å². The Hall–Kier alpha value is -3.07. The SMILES string of the molecule is Cc1cc2ccc(-c3ccc4c(F)c(O)cc(C)c4c3)cc2cc1O. The number of aryl methyl sites for hydroxylation is 2. The second-order valence-corrected chi connectivity index (χ2v) is 6.49. The summed E-state index contributed by atoms with van der Waals surface area (Å²) in [6.45, 7) is 3.73. The Labute approximate surface area is 144 Å². The fraction of sp³-hybridized carbons (Fsp3) is 0.0909. The summed E-state index contributed by atoms with van der Waals surface area (Å²) >= 11 is 0. The fourth-order valence-corrected chi connectivity index (χ4v) is 3.30. The molecule has 2 N–H and O–H groups in total. The average Bonchev–Trinajstić information content (AvgIpc) is 2.60. The van der Waals surface area contributed by atoms with Gasteiger partial charge in [0.2, 0.25) is 0 Å². The summed E-state index contributed by atoms with van der Waals surface area (Å²) in [5, 5.41) is 22.8. The van der Waals surface area contributed by atoms with Crippen LogP contribution in [0, 0.1) is 19.7 Å². The summed E-state index contributed by atoms with van der Waals surface area (Å²) in [7, 11) is 0. The van der Waals surface area contributed by atoms with E-state index in [0.717, 1.165) is 38.4 Å². The molecule has 0 radical (unpaired) electrons. The lowest BCUT2D eigenvalue weighted by Crippen LogP contribution is -1.87. The second kappa shape index (κ2) is 5.49. The summed E-state index contributed by atoms with van der Waals surface area (Å²) in [6.07, 6.45) is 0. The first-order valence-corrected chi connectivity index (χ1v) is 8.09. The van der Waals surface area contributed by atoms with Gasteiger partial charge in [0.15, 0.2) is 11.6 Å². The molecule has 0 aliphatic heterocycles. The summed E-state index contributed by atoms with van der Waals surface area (Å²) in [5.41, 5.74) is 3.62. The third-order valence-electron chi connectivity index (χ3n) is 4.75. The first-order valence-electron chi connectivity index (χ1n) is 8.09. The Balaban J connectivity index is 1.92. The van der Waals surface area contributed by atoms with E-state index in [9.17, 15) is 14.6 Å². The van der Waals surface area contributed by atoms with Crippen molar-refractivity contribution in [3.63, 3.8) is 0 Å². The molecule has 0 amide bonds. The monoisotopic (exact) mass is 332 g/mol. The van der Waals surface area contributed by atoms with Crippen molar-refractivity contribution < 1.29 is 14.6 Å². The summed E-state index contributed by atoms with van der Waals surface area (Å²) in [6, 6.07) is 16.7. The first-order chi connectivity index (χ1) is 11.9. The van der Waals surface area contributed by atoms with Gasteiger partial charge in [0.05, 0.1) is 0 Å². The number of aromatic hydroxyl groups is 2. The minimum absolute atomic E-state index is 0.275. The Kier molecular flexibility index (Phi) is 3.39. The van der Waals surface area contributed by atoms with Crippen LogP contribution >= 0.6 is 0 Å². The summed E-state index contributed by atoms with van der Waals surface area (Å²) in [5.74, 6) is -0.642. The number of rotatable bonds is 1. The van der Waals surface area contributed by atoms with E-state index in [2.05, 4.69) is 0 Å². The van der Waals surface area contributed by atoms with Crippen molar-refractivity contribution >= 4 is 21.5 Å². The van der Waals surface area contributed by atoms with E-state index in [1.54, 1.807) is 12.1 Å². The molecule has 0 heterocycles. The Morgan fingerprint density at radius 1 is 0.640 bits per heavy atom. The van der Waals surface area contributed by atoms with Gasteiger partial charge in [0.25, 0.3) is 0 Å². The van der Waals surface area contributed by atoms with Crippen LogP contribution in [-0.2, 0) is 0 Å². The zero-order valence-corrected chi connectivity index (χ0v) is 14.0. The van der Waals surface area contributed by atoms with E-state index < -0.39 is 5.82 Å². The quantitative estimate of drug-likeness (QED) is 0.460. The molecule has 0 atom stereocenters. The van der Waals surface area contributed by atoms with Gasteiger partial charge in [-0.05, 0) is 82.6 Å². The molecule has 0 aliphatic rings. The van der Waals surface area contributed by atoms with Crippen molar-refractivity contribution in [3.05, 3.63) is 71.5 Å². The maximum atomic E-state index is 14.1. The molecule has 0 bridgehead atoms. The molecule has 25 heavy (non-hydrogen) atoms. The molecule has 0 saturated heterocycles. The lowest BCUT2D eigenvalue weighted by atomic mass is 9.96. The summed E-state index contributed by atoms with van der Waals surface area (Å²) < 4.78 is 14.1. The third kappa shape index (κ3) is 2.49. The van der Waals surface area contributed by atoms with Crippen LogP contribution in [0.2, 0.25) is 0 Å². The van der Waals surface area contributed by atoms with Gasteiger partial charge in [-0.25, -0.2) is 4.39 Å². The van der Waals surface area contributed by atoms with Crippen LogP contribution in [0.1, 0.15) is 11.1 Å². The molecular formula is C22H17FO2. The summed E-state index contributed by atoms with van der Waals surface area (Å²) in [4.78, 5) is 0. The third-order valence-corrected chi connectivity index (χ3v) is 4.75. The highest BCUT2D eigenvalue weighted by molar-refractivity contribution is 5.94. The minimum Gasteiger partial charge on any atom is -0.508 e. The molecule has 4 rings (SSSR count). The Bertz CT molecular complexity index is 1150. The van der Waals surface area contributed by atoms with Crippen molar-refractivity contribution in [1.29, 1.82) is 0 Å². The number of phenols is 2. The Morgan fingerprint density at radius 3 is 2.16 bits per heavy atom. The average molecular weight is 332 g/mol. The first kappa shape index (κ1) is 15.5. The second-order valence-electron chi connectivity index (χ2n) is 6.49. The van der Waals surface area contributed by atoms with Crippen molar-refractivity contribution in [1.82, 2.24) is 0 Å². The van der Waals surface area contributed by atoms with Gasteiger partial charge in [0.1, 0.15) is 5.75 Å². The lowest BCUT2D eigenvalue weighted by molar-refractivity contribution is 0.436. The van der Waals surface area contributed by atoms with Crippen molar-refractivity contribution in [2.24, 2.45) is 0 Å². The number of phenolic OH excluding ortho intramolecular Hbond substituents is 2. The number of hydrogen-bond donors (Lipinski definition) is 2. The molecule has 0 unspecified atom stereocenters. The maximum absolute atomic E-state index is 14.1. The van der Waals surface area contributed by atoms with E-state index in [0.29, 0.717) is 5.39 Å². The molecule has 0 aliphatic carbocycles. The molecule has 0 aromatic heterocycles. The van der Waals surface area contributed by atoms with E-state index in [1.807, 2.05) is 50.2 Å². The standard InChI is InChI=1S/C22H17FO2/c1-12-8-21(25)22(23)18-6-5-16(10-19(12)18)15-4-3-14-7-13(2)20(24)11-17(14)9-15/h3-11,24-25H,1-2H3. The van der Waals surface area contributed by atoms with Crippen LogP contribution in [0.3, 0.4) is 0 Å². The number of fused-ring (bicyclic) bond motifs is 2. The molecule has 4 aromatic rings. The highest BCUT2D eigenvalue weighted by Gasteiger charge is 2.11. The lowest BCUT2D eigenvalue weighted by Gasteiger charge is -2.10. The topological polar surface area (TPSA) is 40.5 Å². The highest BCUT2D eigenvalue weighted by Crippen LogP contribution is 2.34. The molecule has 3 heteroatoms.